The van der Waals surface area contributed by atoms with Gasteiger partial charge in [0.15, 0.2) is 11.0 Å². The molecule has 0 fully saturated rings. The zero-order valence-electron chi connectivity index (χ0n) is 14.8. The summed E-state index contributed by atoms with van der Waals surface area (Å²) in [6.07, 6.45) is 0.911. The highest BCUT2D eigenvalue weighted by molar-refractivity contribution is 7.99. The molecule has 0 N–H and O–H groups in total. The van der Waals surface area contributed by atoms with Crippen molar-refractivity contribution in [2.24, 2.45) is 7.05 Å². The Morgan fingerprint density at radius 2 is 1.85 bits per heavy atom. The molecule has 0 saturated carbocycles. The van der Waals surface area contributed by atoms with Crippen LogP contribution in [0.2, 0.25) is 0 Å². The summed E-state index contributed by atoms with van der Waals surface area (Å²) in [6, 6.07) is 18.3. The summed E-state index contributed by atoms with van der Waals surface area (Å²) in [6.45, 7) is 2.10. The van der Waals surface area contributed by atoms with Crippen molar-refractivity contribution in [2.75, 3.05) is 10.7 Å². The van der Waals surface area contributed by atoms with Gasteiger partial charge in [0.2, 0.25) is 5.91 Å². The second-order valence-corrected chi connectivity index (χ2v) is 7.41. The lowest BCUT2D eigenvalue weighted by Gasteiger charge is -2.22. The lowest BCUT2D eigenvalue weighted by molar-refractivity contribution is -0.116. The first-order valence-electron chi connectivity index (χ1n) is 8.62. The summed E-state index contributed by atoms with van der Waals surface area (Å²) in [7, 11) is 1.93. The maximum atomic E-state index is 12.8. The summed E-state index contributed by atoms with van der Waals surface area (Å²) >= 11 is 1.43. The largest absolute Gasteiger partial charge is 0.308 e. The number of para-hydroxylation sites is 1. The summed E-state index contributed by atoms with van der Waals surface area (Å²) in [5.41, 5.74) is 3.29. The number of aromatic nitrogens is 3. The third kappa shape index (κ3) is 3.01. The van der Waals surface area contributed by atoms with E-state index in [1.54, 1.807) is 0 Å². The summed E-state index contributed by atoms with van der Waals surface area (Å²) in [5.74, 6) is 1.26. The normalized spacial score (nSPS) is 15.9. The Bertz CT molecular complexity index is 938. The molecular weight excluding hydrogens is 344 g/mol. The van der Waals surface area contributed by atoms with Crippen molar-refractivity contribution >= 4 is 23.4 Å². The monoisotopic (exact) mass is 364 g/mol. The number of hydrogen-bond donors (Lipinski definition) is 0. The smallest absolute Gasteiger partial charge is 0.237 e. The van der Waals surface area contributed by atoms with Gasteiger partial charge >= 0.3 is 0 Å². The van der Waals surface area contributed by atoms with E-state index >= 15 is 0 Å². The first kappa shape index (κ1) is 16.8. The number of amides is 1. The Morgan fingerprint density at radius 1 is 1.12 bits per heavy atom. The summed E-state index contributed by atoms with van der Waals surface area (Å²) < 4.78 is 1.94. The number of hydrogen-bond acceptors (Lipinski definition) is 4. The molecule has 2 heterocycles. The van der Waals surface area contributed by atoms with Crippen molar-refractivity contribution in [3.8, 4) is 11.4 Å². The van der Waals surface area contributed by atoms with Crippen LogP contribution in [-0.2, 0) is 18.3 Å². The molecule has 0 radical (unpaired) electrons. The molecule has 1 unspecified atom stereocenters. The van der Waals surface area contributed by atoms with E-state index in [2.05, 4.69) is 23.2 Å². The average Bonchev–Trinajstić information content (AvgIpc) is 3.19. The second kappa shape index (κ2) is 6.96. The molecule has 1 aliphatic rings. The lowest BCUT2D eigenvalue weighted by Crippen LogP contribution is -2.37. The van der Waals surface area contributed by atoms with Gasteiger partial charge in [-0.25, -0.2) is 0 Å². The van der Waals surface area contributed by atoms with E-state index < -0.39 is 0 Å². The average molecular weight is 364 g/mol. The van der Waals surface area contributed by atoms with Gasteiger partial charge in [-0.15, -0.1) is 10.2 Å². The fourth-order valence-electron chi connectivity index (χ4n) is 3.42. The number of carbonyl (C=O) groups excluding carboxylic acids is 1. The van der Waals surface area contributed by atoms with Gasteiger partial charge in [0.1, 0.15) is 0 Å². The number of rotatable bonds is 4. The van der Waals surface area contributed by atoms with Gasteiger partial charge in [-0.05, 0) is 25.0 Å². The third-order valence-corrected chi connectivity index (χ3v) is 5.67. The molecule has 6 heteroatoms. The van der Waals surface area contributed by atoms with Crippen LogP contribution in [0.4, 0.5) is 5.69 Å². The van der Waals surface area contributed by atoms with E-state index in [1.165, 1.54) is 17.3 Å². The Labute approximate surface area is 157 Å². The molecule has 0 aliphatic carbocycles. The van der Waals surface area contributed by atoms with Gasteiger partial charge in [-0.2, -0.15) is 0 Å². The SMILES string of the molecule is CC1Cc2ccccc2N1C(=O)CSc1nnc(-c2ccccc2)n1C. The van der Waals surface area contributed by atoms with Crippen molar-refractivity contribution in [1.29, 1.82) is 0 Å². The zero-order valence-corrected chi connectivity index (χ0v) is 15.6. The van der Waals surface area contributed by atoms with Crippen molar-refractivity contribution in [3.05, 3.63) is 60.2 Å². The third-order valence-electron chi connectivity index (χ3n) is 4.67. The van der Waals surface area contributed by atoms with Gasteiger partial charge in [0, 0.05) is 24.3 Å². The first-order valence-corrected chi connectivity index (χ1v) is 9.61. The predicted molar refractivity (Wildman–Crippen MR) is 104 cm³/mol. The predicted octanol–water partition coefficient (Wildman–Crippen LogP) is 3.55. The lowest BCUT2D eigenvalue weighted by atomic mass is 10.1. The number of benzene rings is 2. The van der Waals surface area contributed by atoms with Crippen LogP contribution >= 0.6 is 11.8 Å². The summed E-state index contributed by atoms with van der Waals surface area (Å²) in [5, 5.41) is 9.29. The fourth-order valence-corrected chi connectivity index (χ4v) is 4.19. The zero-order chi connectivity index (χ0) is 18.1. The Hall–Kier alpha value is -2.60. The van der Waals surface area contributed by atoms with Crippen LogP contribution in [0.1, 0.15) is 12.5 Å². The van der Waals surface area contributed by atoms with E-state index in [0.29, 0.717) is 5.75 Å². The van der Waals surface area contributed by atoms with Crippen molar-refractivity contribution in [3.63, 3.8) is 0 Å². The van der Waals surface area contributed by atoms with E-state index in [-0.39, 0.29) is 11.9 Å². The molecule has 5 nitrogen and oxygen atoms in total. The molecule has 1 aromatic heterocycles. The highest BCUT2D eigenvalue weighted by Gasteiger charge is 2.30. The molecule has 0 spiro atoms. The topological polar surface area (TPSA) is 51.0 Å². The number of nitrogens with zero attached hydrogens (tertiary/aromatic N) is 4. The maximum absolute atomic E-state index is 12.8. The van der Waals surface area contributed by atoms with Gasteiger partial charge in [-0.1, -0.05) is 60.3 Å². The molecule has 4 rings (SSSR count). The van der Waals surface area contributed by atoms with Crippen LogP contribution in [0.5, 0.6) is 0 Å². The fraction of sp³-hybridized carbons (Fsp3) is 0.250. The molecule has 1 aliphatic heterocycles. The van der Waals surface area contributed by atoms with E-state index in [0.717, 1.165) is 28.7 Å². The van der Waals surface area contributed by atoms with Crippen LogP contribution in [-0.4, -0.2) is 32.5 Å². The number of anilines is 1. The first-order chi connectivity index (χ1) is 12.6. The molecule has 1 atom stereocenters. The standard InChI is InChI=1S/C20H20N4OS/c1-14-12-16-10-6-7-11-17(16)24(14)18(25)13-26-20-22-21-19(23(20)2)15-8-4-3-5-9-15/h3-11,14H,12-13H2,1-2H3. The minimum Gasteiger partial charge on any atom is -0.308 e. The molecule has 0 bridgehead atoms. The highest BCUT2D eigenvalue weighted by Crippen LogP contribution is 2.33. The van der Waals surface area contributed by atoms with Gasteiger partial charge in [0.25, 0.3) is 0 Å². The van der Waals surface area contributed by atoms with Crippen LogP contribution < -0.4 is 4.90 Å². The van der Waals surface area contributed by atoms with E-state index in [4.69, 9.17) is 0 Å². The molecule has 0 saturated heterocycles. The molecule has 1 amide bonds. The Morgan fingerprint density at radius 3 is 2.65 bits per heavy atom. The minimum absolute atomic E-state index is 0.108. The van der Waals surface area contributed by atoms with Crippen molar-refractivity contribution in [2.45, 2.75) is 24.5 Å². The molecule has 2 aromatic carbocycles. The second-order valence-electron chi connectivity index (χ2n) is 6.47. The number of carbonyl (C=O) groups is 1. The van der Waals surface area contributed by atoms with Gasteiger partial charge in [-0.3, -0.25) is 4.79 Å². The molecular formula is C20H20N4OS. The van der Waals surface area contributed by atoms with Crippen LogP contribution in [0, 0.1) is 0 Å². The van der Waals surface area contributed by atoms with Crippen LogP contribution in [0.15, 0.2) is 59.8 Å². The molecule has 26 heavy (non-hydrogen) atoms. The van der Waals surface area contributed by atoms with Crippen LogP contribution in [0.25, 0.3) is 11.4 Å². The minimum atomic E-state index is 0.108. The summed E-state index contributed by atoms with van der Waals surface area (Å²) in [4.78, 5) is 14.7. The number of thioether (sulfide) groups is 1. The molecule has 132 valence electrons. The van der Waals surface area contributed by atoms with E-state index in [9.17, 15) is 4.79 Å². The maximum Gasteiger partial charge on any atom is 0.237 e. The van der Waals surface area contributed by atoms with Gasteiger partial charge in [0.05, 0.1) is 5.75 Å². The Balaban J connectivity index is 1.48. The van der Waals surface area contributed by atoms with E-state index in [1.807, 2.05) is 65.0 Å². The van der Waals surface area contributed by atoms with Gasteiger partial charge < -0.3 is 9.47 Å². The quantitative estimate of drug-likeness (QED) is 0.664. The number of fused-ring (bicyclic) bond motifs is 1. The van der Waals surface area contributed by atoms with Crippen molar-refractivity contribution < 1.29 is 4.79 Å². The Kier molecular flexibility index (Phi) is 4.51. The highest BCUT2D eigenvalue weighted by atomic mass is 32.2. The van der Waals surface area contributed by atoms with Crippen molar-refractivity contribution in [1.82, 2.24) is 14.8 Å². The molecule has 3 aromatic rings. The van der Waals surface area contributed by atoms with Crippen LogP contribution in [0.3, 0.4) is 0 Å².